The maximum Gasteiger partial charge on any atom is 0.397 e. The number of halogens is 1. The van der Waals surface area contributed by atoms with Crippen LogP contribution < -0.4 is 0 Å². The third-order valence-electron chi connectivity index (χ3n) is 6.06. The van der Waals surface area contributed by atoms with Crippen molar-refractivity contribution < 1.29 is 34.3 Å². The van der Waals surface area contributed by atoms with Crippen LogP contribution in [0.2, 0.25) is 5.02 Å². The molecule has 0 aliphatic carbocycles. The van der Waals surface area contributed by atoms with Gasteiger partial charge in [-0.15, -0.1) is 0 Å². The summed E-state index contributed by atoms with van der Waals surface area (Å²) in [6, 6.07) is 15.7. The van der Waals surface area contributed by atoms with Crippen molar-refractivity contribution in [2.75, 3.05) is 40.4 Å². The second-order valence-electron chi connectivity index (χ2n) is 9.49. The molecule has 1 saturated heterocycles. The van der Waals surface area contributed by atoms with E-state index in [1.807, 2.05) is 17.8 Å². The summed E-state index contributed by atoms with van der Waals surface area (Å²) in [6.45, 7) is 11.4. The third-order valence-corrected chi connectivity index (χ3v) is 8.35. The molecule has 0 radical (unpaired) electrons. The minimum Gasteiger partial charge on any atom is -0.296 e. The van der Waals surface area contributed by atoms with Gasteiger partial charge in [0.2, 0.25) is 0 Å². The Morgan fingerprint density at radius 1 is 0.895 bits per heavy atom. The molecule has 2 aliphatic rings. The predicted octanol–water partition coefficient (Wildman–Crippen LogP) is 4.38. The van der Waals surface area contributed by atoms with Crippen molar-refractivity contribution in [3.8, 4) is 0 Å². The Balaban J connectivity index is 0.000000355. The zero-order valence-corrected chi connectivity index (χ0v) is 25.2. The Morgan fingerprint density at radius 2 is 1.42 bits per heavy atom. The quantitative estimate of drug-likeness (QED) is 0.480. The largest absolute Gasteiger partial charge is 0.397 e. The Bertz CT molecular complexity index is 1240. The van der Waals surface area contributed by atoms with Crippen LogP contribution in [0, 0.1) is 0 Å². The first-order valence-electron chi connectivity index (χ1n) is 11.6. The lowest BCUT2D eigenvalue weighted by Gasteiger charge is -2.44. The van der Waals surface area contributed by atoms with E-state index in [0.717, 1.165) is 51.8 Å². The van der Waals surface area contributed by atoms with Gasteiger partial charge in [0, 0.05) is 52.6 Å². The molecule has 1 atom stereocenters. The molecule has 0 aromatic heterocycles. The summed E-state index contributed by atoms with van der Waals surface area (Å²) in [4.78, 5) is 8.00. The fraction of sp³-hybridized carbons (Fsp3) is 0.500. The lowest BCUT2D eigenvalue weighted by molar-refractivity contribution is 0.0410. The minimum atomic E-state index is -4.16. The lowest BCUT2D eigenvalue weighted by Crippen LogP contribution is -2.54. The summed E-state index contributed by atoms with van der Waals surface area (Å²) in [7, 11) is -6.58. The highest BCUT2D eigenvalue weighted by Crippen LogP contribution is 2.43. The molecule has 0 spiro atoms. The Kier molecular flexibility index (Phi) is 12.0. The van der Waals surface area contributed by atoms with Gasteiger partial charge in [0.1, 0.15) is 0 Å². The summed E-state index contributed by atoms with van der Waals surface area (Å²) in [5.41, 5.74) is 3.09. The molecule has 2 heterocycles. The van der Waals surface area contributed by atoms with Gasteiger partial charge in [-0.25, -0.2) is 0 Å². The van der Waals surface area contributed by atoms with E-state index in [9.17, 15) is 16.8 Å². The van der Waals surface area contributed by atoms with Gasteiger partial charge in [0.05, 0.1) is 14.2 Å². The molecule has 38 heavy (non-hydrogen) atoms. The van der Waals surface area contributed by atoms with Crippen LogP contribution in [-0.4, -0.2) is 81.7 Å². The molecule has 2 N–H and O–H groups in total. The van der Waals surface area contributed by atoms with E-state index in [0.29, 0.717) is 6.04 Å². The number of hydrogen-bond acceptors (Lipinski definition) is 9. The average Bonchev–Trinajstić information content (AvgIpc) is 3.00. The molecule has 2 aromatic carbocycles. The van der Waals surface area contributed by atoms with E-state index in [4.69, 9.17) is 20.7 Å². The maximum absolute atomic E-state index is 9.33. The van der Waals surface area contributed by atoms with Crippen molar-refractivity contribution in [3.05, 3.63) is 58.6 Å². The molecule has 10 nitrogen and oxygen atoms in total. The van der Waals surface area contributed by atoms with Crippen molar-refractivity contribution in [1.29, 1.82) is 0 Å². The van der Waals surface area contributed by atoms with Crippen LogP contribution in [0.1, 0.15) is 37.9 Å². The van der Waals surface area contributed by atoms with Crippen LogP contribution in [0.5, 0.6) is 0 Å². The van der Waals surface area contributed by atoms with Crippen molar-refractivity contribution in [3.63, 3.8) is 0 Å². The smallest absolute Gasteiger partial charge is 0.296 e. The number of fused-ring (bicyclic) bond motifs is 2. The van der Waals surface area contributed by atoms with Gasteiger partial charge in [0.25, 0.3) is 0 Å². The third kappa shape index (κ3) is 10.7. The van der Waals surface area contributed by atoms with Crippen LogP contribution in [0.4, 0.5) is 0 Å². The summed E-state index contributed by atoms with van der Waals surface area (Å²) < 4.78 is 59.4. The Hall–Kier alpha value is -1.26. The summed E-state index contributed by atoms with van der Waals surface area (Å²) in [5, 5.41) is 0.841. The second kappa shape index (κ2) is 13.9. The molecular weight excluding hydrogens is 576 g/mol. The van der Waals surface area contributed by atoms with E-state index in [1.54, 1.807) is 0 Å². The average molecular weight is 611 g/mol. The van der Waals surface area contributed by atoms with Gasteiger partial charge < -0.3 is 0 Å². The van der Waals surface area contributed by atoms with Gasteiger partial charge in [-0.3, -0.25) is 27.3 Å². The zero-order valence-electron chi connectivity index (χ0n) is 22.0. The summed E-state index contributed by atoms with van der Waals surface area (Å²) in [6.07, 6.45) is 1.06. The Labute approximate surface area is 235 Å². The molecule has 4 rings (SSSR count). The first kappa shape index (κ1) is 32.9. The number of nitrogens with zero attached hydrogens (tertiary/aromatic N) is 2. The molecule has 214 valence electrons. The number of benzene rings is 2. The molecule has 14 heteroatoms. The molecule has 0 amide bonds. The predicted molar refractivity (Wildman–Crippen MR) is 148 cm³/mol. The van der Waals surface area contributed by atoms with E-state index in [1.165, 1.54) is 20.9 Å². The van der Waals surface area contributed by atoms with Crippen molar-refractivity contribution in [2.24, 2.45) is 0 Å². The highest BCUT2D eigenvalue weighted by molar-refractivity contribution is 7.99. The molecule has 1 unspecified atom stereocenters. The van der Waals surface area contributed by atoms with Crippen LogP contribution in [0.3, 0.4) is 0 Å². The SMILES string of the molecule is CC(C)(C)N1CCN(C2Cc3ccccc3Sc3ccc(Cl)cc32)CC1.COS(=O)(=O)O.COS(=O)(=O)O. The monoisotopic (exact) mass is 610 g/mol. The topological polar surface area (TPSA) is 134 Å². The summed E-state index contributed by atoms with van der Waals surface area (Å²) in [5.74, 6) is 0. The molecule has 2 aromatic rings. The Morgan fingerprint density at radius 3 is 1.92 bits per heavy atom. The highest BCUT2D eigenvalue weighted by atomic mass is 35.5. The normalized spacial score (nSPS) is 18.6. The number of rotatable bonds is 3. The van der Waals surface area contributed by atoms with E-state index >= 15 is 0 Å². The highest BCUT2D eigenvalue weighted by Gasteiger charge is 2.32. The van der Waals surface area contributed by atoms with Gasteiger partial charge in [-0.05, 0) is 62.6 Å². The molecule has 0 bridgehead atoms. The second-order valence-corrected chi connectivity index (χ2v) is 13.4. The maximum atomic E-state index is 9.33. The van der Waals surface area contributed by atoms with Gasteiger partial charge in [-0.1, -0.05) is 41.6 Å². The summed E-state index contributed by atoms with van der Waals surface area (Å²) >= 11 is 8.28. The van der Waals surface area contributed by atoms with E-state index < -0.39 is 20.8 Å². The van der Waals surface area contributed by atoms with Crippen molar-refractivity contribution in [1.82, 2.24) is 9.80 Å². The van der Waals surface area contributed by atoms with Crippen molar-refractivity contribution in [2.45, 2.75) is 48.6 Å². The van der Waals surface area contributed by atoms with Gasteiger partial charge in [-0.2, -0.15) is 16.8 Å². The van der Waals surface area contributed by atoms with E-state index in [2.05, 4.69) is 75.3 Å². The minimum absolute atomic E-state index is 0.249. The fourth-order valence-corrected chi connectivity index (χ4v) is 5.41. The zero-order chi connectivity index (χ0) is 28.7. The molecule has 1 fully saturated rings. The lowest BCUT2D eigenvalue weighted by atomic mass is 9.96. The van der Waals surface area contributed by atoms with Crippen LogP contribution in [-0.2, 0) is 35.6 Å². The van der Waals surface area contributed by atoms with Crippen molar-refractivity contribution >= 4 is 44.2 Å². The molecule has 2 aliphatic heterocycles. The standard InChI is InChI=1S/C22H27ClN2S.2CH4O4S/c1-22(2,3)25-12-10-24(11-13-25)19-14-16-6-4-5-7-20(16)26-21-9-8-17(23)15-18(19)21;2*1-5-6(2,3)4/h4-9,15,19H,10-14H2,1-3H3;2*1H3,(H,2,3,4). The van der Waals surface area contributed by atoms with Gasteiger partial charge in [0.15, 0.2) is 0 Å². The molecular formula is C24H35ClN2O8S3. The first-order chi connectivity index (χ1) is 17.5. The molecule has 0 saturated carbocycles. The van der Waals surface area contributed by atoms with Crippen LogP contribution in [0.25, 0.3) is 0 Å². The number of hydrogen-bond donors (Lipinski definition) is 2. The van der Waals surface area contributed by atoms with Gasteiger partial charge >= 0.3 is 20.8 Å². The van der Waals surface area contributed by atoms with E-state index in [-0.39, 0.29) is 5.54 Å². The van der Waals surface area contributed by atoms with Crippen LogP contribution >= 0.6 is 23.4 Å². The van der Waals surface area contributed by atoms with Crippen LogP contribution in [0.15, 0.2) is 52.3 Å². The fourth-order valence-electron chi connectivity index (χ4n) is 4.11. The first-order valence-corrected chi connectivity index (χ1v) is 15.6. The number of piperazine rings is 1.